The number of hydrogen-bond acceptors (Lipinski definition) is 3. The molecule has 0 amide bonds. The second-order valence-corrected chi connectivity index (χ2v) is 2.29. The number of piperidine rings is 1. The van der Waals surface area contributed by atoms with Gasteiger partial charge in [0.15, 0.2) is 0 Å². The quantitative estimate of drug-likeness (QED) is 0.379. The zero-order valence-electron chi connectivity index (χ0n) is 4.93. The van der Waals surface area contributed by atoms with Crippen molar-refractivity contribution in [1.82, 2.24) is 5.32 Å². The summed E-state index contributed by atoms with van der Waals surface area (Å²) in [6.45, 7) is 1.02. The Labute approximate surface area is 49.4 Å². The molecule has 0 aromatic carbocycles. The molecule has 1 aliphatic heterocycles. The topological polar surface area (TPSA) is 64.1 Å². The predicted octanol–water partition coefficient (Wildman–Crippen LogP) is -1.02. The van der Waals surface area contributed by atoms with Gasteiger partial charge in [-0.3, -0.25) is 0 Å². The maximum Gasteiger partial charge on any atom is 0.0702 e. The molecular weight excluding hydrogens is 102 g/mol. The highest BCUT2D eigenvalue weighted by Gasteiger charge is 2.15. The largest absolute Gasteiger partial charge is 0.325 e. The van der Waals surface area contributed by atoms with E-state index in [9.17, 15) is 0 Å². The Hall–Kier alpha value is -0.120. The molecule has 0 bridgehead atoms. The van der Waals surface area contributed by atoms with E-state index in [1.807, 2.05) is 0 Å². The Morgan fingerprint density at radius 3 is 2.50 bits per heavy atom. The zero-order chi connectivity index (χ0) is 5.98. The van der Waals surface area contributed by atoms with E-state index in [1.165, 1.54) is 0 Å². The van der Waals surface area contributed by atoms with Gasteiger partial charge >= 0.3 is 0 Å². The Bertz CT molecular complexity index is 64.1. The minimum Gasteiger partial charge on any atom is -0.325 e. The molecule has 2 unspecified atom stereocenters. The lowest BCUT2D eigenvalue weighted by Crippen LogP contribution is -2.54. The highest BCUT2D eigenvalue weighted by atomic mass is 15.1. The van der Waals surface area contributed by atoms with Crippen molar-refractivity contribution < 1.29 is 0 Å². The van der Waals surface area contributed by atoms with E-state index in [1.54, 1.807) is 0 Å². The lowest BCUT2D eigenvalue weighted by molar-refractivity contribution is 0.358. The van der Waals surface area contributed by atoms with Crippen molar-refractivity contribution in [1.29, 1.82) is 0 Å². The molecule has 8 heavy (non-hydrogen) atoms. The zero-order valence-corrected chi connectivity index (χ0v) is 4.93. The summed E-state index contributed by atoms with van der Waals surface area (Å²) in [6, 6.07) is 0.170. The highest BCUT2D eigenvalue weighted by molar-refractivity contribution is 4.78. The van der Waals surface area contributed by atoms with Crippen LogP contribution in [0.25, 0.3) is 0 Å². The van der Waals surface area contributed by atoms with Gasteiger partial charge in [-0.1, -0.05) is 0 Å². The number of hydrogen-bond donors (Lipinski definition) is 3. The summed E-state index contributed by atoms with van der Waals surface area (Å²) in [6.07, 6.45) is 2.26. The minimum atomic E-state index is 0.0312. The molecule has 1 saturated heterocycles. The molecule has 5 N–H and O–H groups in total. The van der Waals surface area contributed by atoms with E-state index in [2.05, 4.69) is 5.32 Å². The molecule has 0 radical (unpaired) electrons. The van der Waals surface area contributed by atoms with Gasteiger partial charge in [-0.05, 0) is 19.4 Å². The minimum absolute atomic E-state index is 0.0312. The van der Waals surface area contributed by atoms with Crippen molar-refractivity contribution in [3.8, 4) is 0 Å². The second kappa shape index (κ2) is 2.44. The Balaban J connectivity index is 2.28. The Morgan fingerprint density at radius 2 is 2.12 bits per heavy atom. The molecule has 1 aliphatic rings. The fraction of sp³-hybridized carbons (Fsp3) is 1.00. The molecule has 1 fully saturated rings. The molecule has 0 aromatic heterocycles. The first-order chi connectivity index (χ1) is 3.80. The van der Waals surface area contributed by atoms with E-state index >= 15 is 0 Å². The van der Waals surface area contributed by atoms with Crippen molar-refractivity contribution in [2.75, 3.05) is 6.54 Å². The highest BCUT2D eigenvalue weighted by Crippen LogP contribution is 2.00. The first kappa shape index (κ1) is 6.01. The third kappa shape index (κ3) is 1.18. The predicted molar refractivity (Wildman–Crippen MR) is 33.2 cm³/mol. The molecular formula is C5H13N3. The summed E-state index contributed by atoms with van der Waals surface area (Å²) in [7, 11) is 0. The van der Waals surface area contributed by atoms with Crippen LogP contribution >= 0.6 is 0 Å². The van der Waals surface area contributed by atoms with Gasteiger partial charge in [0.1, 0.15) is 0 Å². The molecule has 48 valence electrons. The van der Waals surface area contributed by atoms with Gasteiger partial charge in [0, 0.05) is 6.04 Å². The summed E-state index contributed by atoms with van der Waals surface area (Å²) >= 11 is 0. The van der Waals surface area contributed by atoms with Crippen molar-refractivity contribution in [2.24, 2.45) is 11.5 Å². The van der Waals surface area contributed by atoms with Crippen molar-refractivity contribution in [2.45, 2.75) is 25.0 Å². The van der Waals surface area contributed by atoms with E-state index in [-0.39, 0.29) is 12.2 Å². The lowest BCUT2D eigenvalue weighted by Gasteiger charge is -2.25. The second-order valence-electron chi connectivity index (χ2n) is 2.29. The van der Waals surface area contributed by atoms with Crippen LogP contribution in [0.2, 0.25) is 0 Å². The summed E-state index contributed by atoms with van der Waals surface area (Å²) in [5, 5.41) is 3.08. The van der Waals surface area contributed by atoms with E-state index in [4.69, 9.17) is 11.5 Å². The molecule has 0 aromatic rings. The van der Waals surface area contributed by atoms with E-state index in [0.717, 1.165) is 19.4 Å². The van der Waals surface area contributed by atoms with Gasteiger partial charge in [-0.25, -0.2) is 0 Å². The fourth-order valence-corrected chi connectivity index (χ4v) is 0.937. The molecule has 3 nitrogen and oxygen atoms in total. The van der Waals surface area contributed by atoms with E-state index in [0.29, 0.717) is 0 Å². The van der Waals surface area contributed by atoms with Gasteiger partial charge in [0.25, 0.3) is 0 Å². The Kier molecular flexibility index (Phi) is 1.83. The van der Waals surface area contributed by atoms with Crippen molar-refractivity contribution in [3.63, 3.8) is 0 Å². The van der Waals surface area contributed by atoms with Crippen LogP contribution in [0.1, 0.15) is 12.8 Å². The molecule has 1 heterocycles. The summed E-state index contributed by atoms with van der Waals surface area (Å²) < 4.78 is 0. The van der Waals surface area contributed by atoms with Crippen molar-refractivity contribution in [3.05, 3.63) is 0 Å². The van der Waals surface area contributed by atoms with Crippen LogP contribution in [-0.4, -0.2) is 18.8 Å². The molecule has 0 spiro atoms. The number of rotatable bonds is 0. The lowest BCUT2D eigenvalue weighted by atomic mass is 10.1. The smallest absolute Gasteiger partial charge is 0.0702 e. The van der Waals surface area contributed by atoms with E-state index < -0.39 is 0 Å². The Morgan fingerprint density at radius 1 is 1.38 bits per heavy atom. The maximum absolute atomic E-state index is 5.59. The summed E-state index contributed by atoms with van der Waals surface area (Å²) in [4.78, 5) is 0. The van der Waals surface area contributed by atoms with Gasteiger partial charge < -0.3 is 16.8 Å². The first-order valence-electron chi connectivity index (χ1n) is 3.05. The van der Waals surface area contributed by atoms with Crippen LogP contribution in [0.3, 0.4) is 0 Å². The van der Waals surface area contributed by atoms with Gasteiger partial charge in [0.05, 0.1) is 6.17 Å². The molecule has 2 atom stereocenters. The van der Waals surface area contributed by atoms with Crippen molar-refractivity contribution >= 4 is 0 Å². The van der Waals surface area contributed by atoms with Crippen LogP contribution in [0.5, 0.6) is 0 Å². The standard InChI is InChI=1S/C5H13N3/c6-4-2-1-3-8-5(4)7/h4-5,8H,1-3,6-7H2. The molecule has 1 rings (SSSR count). The normalized spacial score (nSPS) is 39.8. The number of nitrogens with two attached hydrogens (primary N) is 2. The SMILES string of the molecule is NC1CCCNC1N. The van der Waals surface area contributed by atoms with Crippen LogP contribution in [-0.2, 0) is 0 Å². The molecule has 3 heteroatoms. The number of nitrogens with one attached hydrogen (secondary N) is 1. The summed E-state index contributed by atoms with van der Waals surface area (Å²) in [5.41, 5.74) is 11.1. The fourth-order valence-electron chi connectivity index (χ4n) is 0.937. The third-order valence-corrected chi connectivity index (χ3v) is 1.56. The third-order valence-electron chi connectivity index (χ3n) is 1.56. The average molecular weight is 115 g/mol. The maximum atomic E-state index is 5.59. The van der Waals surface area contributed by atoms with Gasteiger partial charge in [-0.2, -0.15) is 0 Å². The van der Waals surface area contributed by atoms with Crippen LogP contribution in [0.4, 0.5) is 0 Å². The first-order valence-corrected chi connectivity index (χ1v) is 3.05. The van der Waals surface area contributed by atoms with Crippen LogP contribution in [0, 0.1) is 0 Å². The van der Waals surface area contributed by atoms with Crippen LogP contribution < -0.4 is 16.8 Å². The average Bonchev–Trinajstić information content (AvgIpc) is 1.77. The van der Waals surface area contributed by atoms with Crippen LogP contribution in [0.15, 0.2) is 0 Å². The molecule has 0 saturated carbocycles. The summed E-state index contributed by atoms with van der Waals surface area (Å²) in [5.74, 6) is 0. The van der Waals surface area contributed by atoms with Gasteiger partial charge in [-0.15, -0.1) is 0 Å². The molecule has 0 aliphatic carbocycles. The monoisotopic (exact) mass is 115 g/mol. The van der Waals surface area contributed by atoms with Gasteiger partial charge in [0.2, 0.25) is 0 Å².